The highest BCUT2D eigenvalue weighted by Gasteiger charge is 2.17. The summed E-state index contributed by atoms with van der Waals surface area (Å²) in [5.41, 5.74) is 0.618. The van der Waals surface area contributed by atoms with Crippen LogP contribution in [0.4, 0.5) is 0 Å². The van der Waals surface area contributed by atoms with Gasteiger partial charge in [0.05, 0.1) is 16.5 Å². The molecule has 0 radical (unpaired) electrons. The fourth-order valence-corrected chi connectivity index (χ4v) is 3.49. The van der Waals surface area contributed by atoms with Gasteiger partial charge in [0.1, 0.15) is 11.0 Å². The van der Waals surface area contributed by atoms with Crippen LogP contribution in [0.15, 0.2) is 51.4 Å². The number of benzene rings is 1. The van der Waals surface area contributed by atoms with Crippen molar-refractivity contribution in [1.29, 1.82) is 0 Å². The summed E-state index contributed by atoms with van der Waals surface area (Å²) in [6.45, 7) is 0. The second-order valence-electron chi connectivity index (χ2n) is 4.25. The Labute approximate surface area is 122 Å². The topological polar surface area (TPSA) is 119 Å². The maximum absolute atomic E-state index is 11.6. The van der Waals surface area contributed by atoms with Crippen molar-refractivity contribution in [3.05, 3.63) is 47.1 Å². The number of H-pyrrole nitrogens is 2. The van der Waals surface area contributed by atoms with Crippen LogP contribution < -0.4 is 10.9 Å². The zero-order valence-electron chi connectivity index (χ0n) is 10.5. The Morgan fingerprint density at radius 1 is 1.24 bits per heavy atom. The SMILES string of the molecule is O=c1[nH]cnc2c(Sc3cccc(P(=O)(O)O)c3)c[nH]c12. The Morgan fingerprint density at radius 2 is 2.05 bits per heavy atom. The first-order valence-electron chi connectivity index (χ1n) is 5.84. The van der Waals surface area contributed by atoms with Gasteiger partial charge < -0.3 is 19.8 Å². The molecule has 3 aromatic rings. The average Bonchev–Trinajstić information content (AvgIpc) is 2.83. The van der Waals surface area contributed by atoms with Crippen LogP contribution in [0, 0.1) is 0 Å². The van der Waals surface area contributed by atoms with Crippen LogP contribution in [0.25, 0.3) is 11.0 Å². The first-order chi connectivity index (χ1) is 9.95. The molecule has 7 nitrogen and oxygen atoms in total. The van der Waals surface area contributed by atoms with Crippen molar-refractivity contribution < 1.29 is 14.4 Å². The first kappa shape index (κ1) is 14.1. The third-order valence-electron chi connectivity index (χ3n) is 2.82. The van der Waals surface area contributed by atoms with E-state index in [-0.39, 0.29) is 10.9 Å². The minimum atomic E-state index is -4.28. The van der Waals surface area contributed by atoms with Gasteiger partial charge in [0, 0.05) is 11.1 Å². The normalized spacial score (nSPS) is 11.9. The molecule has 1 aromatic carbocycles. The molecule has 0 aliphatic carbocycles. The van der Waals surface area contributed by atoms with Gasteiger partial charge >= 0.3 is 7.60 Å². The number of nitrogens with zero attached hydrogens (tertiary/aromatic N) is 1. The summed E-state index contributed by atoms with van der Waals surface area (Å²) in [7, 11) is -4.28. The van der Waals surface area contributed by atoms with Crippen molar-refractivity contribution in [2.45, 2.75) is 9.79 Å². The number of hydrogen-bond acceptors (Lipinski definition) is 4. The molecule has 9 heteroatoms. The fraction of sp³-hybridized carbons (Fsp3) is 0. The maximum Gasteiger partial charge on any atom is 0.356 e. The quantitative estimate of drug-likeness (QED) is 0.538. The highest BCUT2D eigenvalue weighted by molar-refractivity contribution is 7.99. The number of nitrogens with one attached hydrogen (secondary N) is 2. The van der Waals surface area contributed by atoms with Crippen molar-refractivity contribution in [2.75, 3.05) is 0 Å². The van der Waals surface area contributed by atoms with Crippen molar-refractivity contribution in [3.63, 3.8) is 0 Å². The number of hydrogen-bond donors (Lipinski definition) is 4. The highest BCUT2D eigenvalue weighted by atomic mass is 32.2. The van der Waals surface area contributed by atoms with Gasteiger partial charge in [0.25, 0.3) is 5.56 Å². The number of aromatic amines is 2. The predicted molar refractivity (Wildman–Crippen MR) is 79.0 cm³/mol. The average molecular weight is 323 g/mol. The molecule has 0 aliphatic heterocycles. The van der Waals surface area contributed by atoms with Crippen molar-refractivity contribution >= 4 is 35.7 Å². The largest absolute Gasteiger partial charge is 0.356 e. The minimum absolute atomic E-state index is 0.0434. The van der Waals surface area contributed by atoms with Crippen LogP contribution in [-0.2, 0) is 4.57 Å². The Kier molecular flexibility index (Phi) is 3.46. The molecular formula is C12H10N3O4PS. The van der Waals surface area contributed by atoms with Gasteiger partial charge in [-0.15, -0.1) is 0 Å². The predicted octanol–water partition coefficient (Wildman–Crippen LogP) is 1.21. The second kappa shape index (κ2) is 5.16. The molecular weight excluding hydrogens is 313 g/mol. The molecule has 0 saturated carbocycles. The van der Waals surface area contributed by atoms with E-state index in [2.05, 4.69) is 15.0 Å². The molecule has 2 aromatic heterocycles. The van der Waals surface area contributed by atoms with Crippen LogP contribution >= 0.6 is 19.4 Å². The molecule has 0 aliphatic rings. The van der Waals surface area contributed by atoms with E-state index in [0.29, 0.717) is 20.8 Å². The van der Waals surface area contributed by atoms with Crippen LogP contribution in [0.3, 0.4) is 0 Å². The zero-order chi connectivity index (χ0) is 15.0. The van der Waals surface area contributed by atoms with Gasteiger partial charge in [-0.05, 0) is 18.2 Å². The van der Waals surface area contributed by atoms with E-state index < -0.39 is 7.60 Å². The molecule has 0 amide bonds. The van der Waals surface area contributed by atoms with Gasteiger partial charge in [-0.1, -0.05) is 17.8 Å². The van der Waals surface area contributed by atoms with E-state index in [4.69, 9.17) is 0 Å². The number of rotatable bonds is 3. The van der Waals surface area contributed by atoms with Gasteiger partial charge in [0.15, 0.2) is 0 Å². The number of aromatic nitrogens is 3. The monoisotopic (exact) mass is 323 g/mol. The number of fused-ring (bicyclic) bond motifs is 1. The summed E-state index contributed by atoms with van der Waals surface area (Å²) in [6, 6.07) is 6.11. The third kappa shape index (κ3) is 2.79. The van der Waals surface area contributed by atoms with Gasteiger partial charge in [0.2, 0.25) is 0 Å². The molecule has 0 spiro atoms. The van der Waals surface area contributed by atoms with Crippen LogP contribution in [0.1, 0.15) is 0 Å². The third-order valence-corrected chi connectivity index (χ3v) is 4.79. The van der Waals surface area contributed by atoms with Crippen molar-refractivity contribution in [1.82, 2.24) is 15.0 Å². The Balaban J connectivity index is 2.01. The molecule has 4 N–H and O–H groups in total. The molecule has 0 atom stereocenters. The minimum Gasteiger partial charge on any atom is -0.354 e. The summed E-state index contributed by atoms with van der Waals surface area (Å²) in [4.78, 5) is 40.7. The van der Waals surface area contributed by atoms with Crippen LogP contribution in [-0.4, -0.2) is 24.7 Å². The summed E-state index contributed by atoms with van der Waals surface area (Å²) >= 11 is 1.27. The molecule has 0 fully saturated rings. The lowest BCUT2D eigenvalue weighted by molar-refractivity contribution is 0.387. The molecule has 2 heterocycles. The van der Waals surface area contributed by atoms with Gasteiger partial charge in [-0.2, -0.15) is 0 Å². The standard InChI is InChI=1S/C12H10N3O4PS/c16-12-11-10(14-6-15-12)9(5-13-11)21-8-3-1-2-7(4-8)20(17,18)19/h1-6,13H,(H,14,15,16)(H2,17,18,19). The van der Waals surface area contributed by atoms with Crippen molar-refractivity contribution in [2.24, 2.45) is 0 Å². The molecule has 0 saturated heterocycles. The van der Waals surface area contributed by atoms with Gasteiger partial charge in [-0.3, -0.25) is 9.36 Å². The summed E-state index contributed by atoms with van der Waals surface area (Å²) < 4.78 is 11.3. The smallest absolute Gasteiger partial charge is 0.354 e. The lowest BCUT2D eigenvalue weighted by atomic mass is 10.4. The Morgan fingerprint density at radius 3 is 2.81 bits per heavy atom. The lowest BCUT2D eigenvalue weighted by Crippen LogP contribution is -2.05. The first-order valence-corrected chi connectivity index (χ1v) is 8.27. The van der Waals surface area contributed by atoms with Crippen LogP contribution in [0.2, 0.25) is 0 Å². The maximum atomic E-state index is 11.6. The van der Waals surface area contributed by atoms with E-state index in [1.54, 1.807) is 18.3 Å². The Hall–Kier alpha value is -1.86. The van der Waals surface area contributed by atoms with E-state index in [1.165, 1.54) is 30.2 Å². The van der Waals surface area contributed by atoms with E-state index >= 15 is 0 Å². The summed E-state index contributed by atoms with van der Waals surface area (Å²) in [5, 5.41) is -0.0434. The second-order valence-corrected chi connectivity index (χ2v) is 6.97. The summed E-state index contributed by atoms with van der Waals surface area (Å²) in [6.07, 6.45) is 2.95. The molecule has 21 heavy (non-hydrogen) atoms. The Bertz CT molecular complexity index is 914. The molecule has 3 rings (SSSR count). The lowest BCUT2D eigenvalue weighted by Gasteiger charge is -2.05. The van der Waals surface area contributed by atoms with Crippen LogP contribution in [0.5, 0.6) is 0 Å². The van der Waals surface area contributed by atoms with Crippen molar-refractivity contribution in [3.8, 4) is 0 Å². The van der Waals surface area contributed by atoms with E-state index in [0.717, 1.165) is 0 Å². The zero-order valence-corrected chi connectivity index (χ0v) is 12.2. The fourth-order valence-electron chi connectivity index (χ4n) is 1.86. The summed E-state index contributed by atoms with van der Waals surface area (Å²) in [5.74, 6) is 0. The van der Waals surface area contributed by atoms with E-state index in [9.17, 15) is 19.1 Å². The molecule has 108 valence electrons. The molecule has 0 bridgehead atoms. The highest BCUT2D eigenvalue weighted by Crippen LogP contribution is 2.36. The van der Waals surface area contributed by atoms with E-state index in [1.807, 2.05) is 0 Å². The molecule has 0 unspecified atom stereocenters. The van der Waals surface area contributed by atoms with Gasteiger partial charge in [-0.25, -0.2) is 4.98 Å².